The third-order valence-electron chi connectivity index (χ3n) is 5.60. The average Bonchev–Trinajstić information content (AvgIpc) is 3.36. The van der Waals surface area contributed by atoms with Crippen LogP contribution in [0.15, 0.2) is 82.4 Å². The summed E-state index contributed by atoms with van der Waals surface area (Å²) in [5.74, 6) is 1.98. The molecule has 36 heavy (non-hydrogen) atoms. The van der Waals surface area contributed by atoms with Crippen molar-refractivity contribution < 1.29 is 23.7 Å². The van der Waals surface area contributed by atoms with Gasteiger partial charge >= 0.3 is 0 Å². The fourth-order valence-corrected chi connectivity index (χ4v) is 4.48. The van der Waals surface area contributed by atoms with Gasteiger partial charge in [0.2, 0.25) is 6.79 Å². The molecule has 0 saturated heterocycles. The molecule has 182 valence electrons. The molecule has 0 radical (unpaired) electrons. The van der Waals surface area contributed by atoms with Crippen LogP contribution in [0.25, 0.3) is 10.8 Å². The fraction of sp³-hybridized carbons (Fsp3) is 0.143. The number of carbonyl (C=O) groups excluding carboxylic acids is 1. The Morgan fingerprint density at radius 3 is 2.75 bits per heavy atom. The smallest absolute Gasteiger partial charge is 0.271 e. The molecule has 0 fully saturated rings. The van der Waals surface area contributed by atoms with E-state index in [1.165, 1.54) is 0 Å². The van der Waals surface area contributed by atoms with E-state index in [-0.39, 0.29) is 12.7 Å². The Balaban J connectivity index is 1.30. The van der Waals surface area contributed by atoms with Gasteiger partial charge in [-0.3, -0.25) is 4.79 Å². The highest BCUT2D eigenvalue weighted by Gasteiger charge is 2.16. The highest BCUT2D eigenvalue weighted by Crippen LogP contribution is 2.37. The SMILES string of the molecule is CCOc1cc(/C=N/NC(=O)c2ccc3c(c2)OCO3)cc(Br)c1OCc1cccc2ccccc12. The lowest BCUT2D eigenvalue weighted by Gasteiger charge is -2.15. The predicted molar refractivity (Wildman–Crippen MR) is 141 cm³/mol. The second-order valence-corrected chi connectivity index (χ2v) is 8.81. The first kappa shape index (κ1) is 23.7. The molecule has 1 aliphatic rings. The third-order valence-corrected chi connectivity index (χ3v) is 6.19. The summed E-state index contributed by atoms with van der Waals surface area (Å²) in [7, 11) is 0. The molecule has 7 nitrogen and oxygen atoms in total. The minimum Gasteiger partial charge on any atom is -0.490 e. The van der Waals surface area contributed by atoms with Crippen LogP contribution < -0.4 is 24.4 Å². The molecular weight excluding hydrogens is 524 g/mol. The van der Waals surface area contributed by atoms with Gasteiger partial charge in [0.1, 0.15) is 6.61 Å². The molecule has 4 aromatic rings. The number of carbonyl (C=O) groups is 1. The van der Waals surface area contributed by atoms with Crippen LogP contribution in [0.4, 0.5) is 0 Å². The zero-order chi connectivity index (χ0) is 24.9. The van der Waals surface area contributed by atoms with Crippen molar-refractivity contribution in [2.75, 3.05) is 13.4 Å². The number of benzene rings is 4. The Bertz CT molecular complexity index is 1450. The zero-order valence-corrected chi connectivity index (χ0v) is 21.1. The van der Waals surface area contributed by atoms with Gasteiger partial charge in [-0.1, -0.05) is 42.5 Å². The van der Waals surface area contributed by atoms with E-state index in [0.29, 0.717) is 41.8 Å². The van der Waals surface area contributed by atoms with Crippen molar-refractivity contribution in [1.82, 2.24) is 5.43 Å². The predicted octanol–water partition coefficient (Wildman–Crippen LogP) is 6.07. The highest BCUT2D eigenvalue weighted by molar-refractivity contribution is 9.10. The van der Waals surface area contributed by atoms with Gasteiger partial charge in [0, 0.05) is 5.56 Å². The van der Waals surface area contributed by atoms with E-state index in [9.17, 15) is 4.79 Å². The van der Waals surface area contributed by atoms with Gasteiger partial charge in [-0.05, 0) is 75.1 Å². The number of fused-ring (bicyclic) bond motifs is 2. The average molecular weight is 547 g/mol. The van der Waals surface area contributed by atoms with E-state index in [1.54, 1.807) is 24.4 Å². The lowest BCUT2D eigenvalue weighted by atomic mass is 10.1. The Kier molecular flexibility index (Phi) is 7.04. The van der Waals surface area contributed by atoms with Crippen molar-refractivity contribution >= 4 is 38.8 Å². The van der Waals surface area contributed by atoms with E-state index in [2.05, 4.69) is 50.7 Å². The minimum absolute atomic E-state index is 0.150. The van der Waals surface area contributed by atoms with Gasteiger partial charge < -0.3 is 18.9 Å². The quantitative estimate of drug-likeness (QED) is 0.214. The van der Waals surface area contributed by atoms with Gasteiger partial charge in [-0.2, -0.15) is 5.10 Å². The summed E-state index contributed by atoms with van der Waals surface area (Å²) in [6.07, 6.45) is 1.55. The summed E-state index contributed by atoms with van der Waals surface area (Å²) in [5.41, 5.74) is 4.77. The molecule has 8 heteroatoms. The minimum atomic E-state index is -0.358. The van der Waals surface area contributed by atoms with Gasteiger partial charge in [-0.25, -0.2) is 5.43 Å². The molecule has 1 amide bonds. The molecule has 0 aliphatic carbocycles. The first-order valence-corrected chi connectivity index (χ1v) is 12.2. The molecule has 0 aromatic heterocycles. The molecule has 0 atom stereocenters. The highest BCUT2D eigenvalue weighted by atomic mass is 79.9. The van der Waals surface area contributed by atoms with Crippen LogP contribution in [-0.4, -0.2) is 25.5 Å². The Hall–Kier alpha value is -4.04. The largest absolute Gasteiger partial charge is 0.490 e. The Labute approximate surface area is 216 Å². The maximum Gasteiger partial charge on any atom is 0.271 e. The molecule has 0 unspecified atom stereocenters. The van der Waals surface area contributed by atoms with Crippen LogP contribution in [0.3, 0.4) is 0 Å². The molecule has 1 aliphatic heterocycles. The molecule has 4 aromatic carbocycles. The van der Waals surface area contributed by atoms with Crippen molar-refractivity contribution in [3.63, 3.8) is 0 Å². The van der Waals surface area contributed by atoms with Crippen LogP contribution >= 0.6 is 15.9 Å². The molecule has 1 heterocycles. The first-order valence-electron chi connectivity index (χ1n) is 11.4. The summed E-state index contributed by atoms with van der Waals surface area (Å²) < 4.78 is 23.4. The van der Waals surface area contributed by atoms with E-state index >= 15 is 0 Å². The summed E-state index contributed by atoms with van der Waals surface area (Å²) in [4.78, 5) is 12.5. The van der Waals surface area contributed by atoms with Crippen LogP contribution in [0.2, 0.25) is 0 Å². The first-order chi connectivity index (χ1) is 17.6. The summed E-state index contributed by atoms with van der Waals surface area (Å²) >= 11 is 3.60. The van der Waals surface area contributed by atoms with Gasteiger partial charge in [0.05, 0.1) is 17.3 Å². The van der Waals surface area contributed by atoms with Crippen LogP contribution in [0.5, 0.6) is 23.0 Å². The summed E-state index contributed by atoms with van der Waals surface area (Å²) in [5, 5.41) is 6.41. The topological polar surface area (TPSA) is 78.4 Å². The number of hydrazone groups is 1. The summed E-state index contributed by atoms with van der Waals surface area (Å²) in [6, 6.07) is 23.0. The lowest BCUT2D eigenvalue weighted by Crippen LogP contribution is -2.17. The molecule has 0 bridgehead atoms. The Morgan fingerprint density at radius 2 is 1.86 bits per heavy atom. The number of rotatable bonds is 8. The number of hydrogen-bond acceptors (Lipinski definition) is 6. The number of nitrogens with zero attached hydrogens (tertiary/aromatic N) is 1. The van der Waals surface area contributed by atoms with Crippen LogP contribution in [-0.2, 0) is 6.61 Å². The van der Waals surface area contributed by atoms with Crippen molar-refractivity contribution in [3.8, 4) is 23.0 Å². The second kappa shape index (κ2) is 10.7. The lowest BCUT2D eigenvalue weighted by molar-refractivity contribution is 0.0954. The second-order valence-electron chi connectivity index (χ2n) is 7.96. The van der Waals surface area contributed by atoms with E-state index in [1.807, 2.05) is 37.3 Å². The van der Waals surface area contributed by atoms with Gasteiger partial charge in [0.25, 0.3) is 5.91 Å². The third kappa shape index (κ3) is 5.13. The number of nitrogens with one attached hydrogen (secondary N) is 1. The normalized spacial score (nSPS) is 12.2. The standard InChI is InChI=1S/C28H23BrN2O5/c1-2-33-26-13-18(15-30-31-28(32)20-10-11-24-25(14-20)36-17-35-24)12-23(29)27(26)34-16-21-8-5-7-19-6-3-4-9-22(19)21/h3-15H,2,16-17H2,1H3,(H,31,32)/b30-15+. The molecule has 0 saturated carbocycles. The molecule has 0 spiro atoms. The number of halogens is 1. The van der Waals surface area contributed by atoms with E-state index in [4.69, 9.17) is 18.9 Å². The maximum atomic E-state index is 12.5. The molecule has 1 N–H and O–H groups in total. The van der Waals surface area contributed by atoms with Crippen LogP contribution in [0, 0.1) is 0 Å². The molecular formula is C28H23BrN2O5. The summed E-state index contributed by atoms with van der Waals surface area (Å²) in [6.45, 7) is 2.92. The number of amides is 1. The fourth-order valence-electron chi connectivity index (χ4n) is 3.90. The van der Waals surface area contributed by atoms with Crippen molar-refractivity contribution in [2.45, 2.75) is 13.5 Å². The number of hydrogen-bond donors (Lipinski definition) is 1. The van der Waals surface area contributed by atoms with E-state index < -0.39 is 0 Å². The van der Waals surface area contributed by atoms with Gasteiger partial charge in [0.15, 0.2) is 23.0 Å². The molecule has 5 rings (SSSR count). The van der Waals surface area contributed by atoms with Crippen molar-refractivity contribution in [3.05, 3.63) is 94.0 Å². The van der Waals surface area contributed by atoms with Crippen LogP contribution in [0.1, 0.15) is 28.4 Å². The van der Waals surface area contributed by atoms with Crippen molar-refractivity contribution in [2.24, 2.45) is 5.10 Å². The van der Waals surface area contributed by atoms with Gasteiger partial charge in [-0.15, -0.1) is 0 Å². The number of ether oxygens (including phenoxy) is 4. The monoisotopic (exact) mass is 546 g/mol. The maximum absolute atomic E-state index is 12.5. The van der Waals surface area contributed by atoms with E-state index in [0.717, 1.165) is 26.4 Å². The zero-order valence-electron chi connectivity index (χ0n) is 19.5. The van der Waals surface area contributed by atoms with Crippen molar-refractivity contribution in [1.29, 1.82) is 0 Å². The Morgan fingerprint density at radius 1 is 1.03 bits per heavy atom.